The minimum Gasteiger partial charge on any atom is -0.348 e. The van der Waals surface area contributed by atoms with E-state index in [1.54, 1.807) is 24.3 Å². The van der Waals surface area contributed by atoms with Gasteiger partial charge in [0.05, 0.1) is 11.4 Å². The molecule has 5 heteroatoms. The maximum Gasteiger partial charge on any atom is 0.274 e. The lowest BCUT2D eigenvalue weighted by Crippen LogP contribution is -2.34. The number of hydrogen-bond acceptors (Lipinski definition) is 3. The third-order valence-corrected chi connectivity index (χ3v) is 2.95. The zero-order valence-electron chi connectivity index (χ0n) is 12.2. The second-order valence-corrected chi connectivity index (χ2v) is 5.37. The van der Waals surface area contributed by atoms with Gasteiger partial charge in [-0.2, -0.15) is 5.10 Å². The highest BCUT2D eigenvalue weighted by atomic mass is 16.2. The van der Waals surface area contributed by atoms with Gasteiger partial charge in [-0.05, 0) is 33.8 Å². The monoisotopic (exact) mass is 273 g/mol. The summed E-state index contributed by atoms with van der Waals surface area (Å²) in [5, 5.41) is 8.17. The maximum absolute atomic E-state index is 12.3. The number of carbonyl (C=O) groups excluding carboxylic acids is 1. The number of hydrogen-bond donors (Lipinski definition) is 1. The van der Waals surface area contributed by atoms with E-state index in [2.05, 4.69) is 10.4 Å². The van der Waals surface area contributed by atoms with Crippen LogP contribution in [0.25, 0.3) is 10.8 Å². The van der Waals surface area contributed by atoms with Crippen LogP contribution in [0.1, 0.15) is 44.2 Å². The van der Waals surface area contributed by atoms with Crippen LogP contribution in [0.5, 0.6) is 0 Å². The fourth-order valence-corrected chi connectivity index (χ4v) is 2.05. The van der Waals surface area contributed by atoms with Gasteiger partial charge in [-0.3, -0.25) is 9.59 Å². The van der Waals surface area contributed by atoms with E-state index in [0.717, 1.165) is 0 Å². The summed E-state index contributed by atoms with van der Waals surface area (Å²) < 4.78 is 1.36. The molecule has 0 unspecified atom stereocenters. The standard InChI is InChI=1S/C15H19N3O2/c1-9(2)16-14(19)13-11-7-5-6-8-12(11)15(20)18(17-13)10(3)4/h5-10H,1-4H3,(H,16,19). The fraction of sp³-hybridized carbons (Fsp3) is 0.400. The van der Waals surface area contributed by atoms with E-state index in [0.29, 0.717) is 16.5 Å². The Bertz CT molecular complexity index is 702. The predicted molar refractivity (Wildman–Crippen MR) is 79.0 cm³/mol. The molecule has 0 atom stereocenters. The van der Waals surface area contributed by atoms with E-state index in [9.17, 15) is 9.59 Å². The second kappa shape index (κ2) is 5.45. The third-order valence-electron chi connectivity index (χ3n) is 2.95. The summed E-state index contributed by atoms with van der Waals surface area (Å²) in [5.41, 5.74) is 0.124. The highest BCUT2D eigenvalue weighted by molar-refractivity contribution is 6.04. The van der Waals surface area contributed by atoms with Crippen molar-refractivity contribution in [1.29, 1.82) is 0 Å². The molecule has 5 nitrogen and oxygen atoms in total. The summed E-state index contributed by atoms with van der Waals surface area (Å²) in [6, 6.07) is 6.99. The van der Waals surface area contributed by atoms with Crippen molar-refractivity contribution < 1.29 is 4.79 Å². The van der Waals surface area contributed by atoms with Crippen LogP contribution in [0, 0.1) is 0 Å². The van der Waals surface area contributed by atoms with Gasteiger partial charge in [-0.25, -0.2) is 4.68 Å². The molecule has 0 spiro atoms. The van der Waals surface area contributed by atoms with Crippen molar-refractivity contribution in [3.8, 4) is 0 Å². The van der Waals surface area contributed by atoms with Crippen molar-refractivity contribution in [2.24, 2.45) is 0 Å². The van der Waals surface area contributed by atoms with E-state index in [-0.39, 0.29) is 23.6 Å². The Morgan fingerprint density at radius 2 is 1.75 bits per heavy atom. The Morgan fingerprint density at radius 1 is 1.15 bits per heavy atom. The Morgan fingerprint density at radius 3 is 2.30 bits per heavy atom. The first-order chi connectivity index (χ1) is 9.41. The van der Waals surface area contributed by atoms with Crippen LogP contribution in [0.4, 0.5) is 0 Å². The van der Waals surface area contributed by atoms with Crippen molar-refractivity contribution in [1.82, 2.24) is 15.1 Å². The van der Waals surface area contributed by atoms with Crippen molar-refractivity contribution in [2.75, 3.05) is 0 Å². The van der Waals surface area contributed by atoms with Crippen LogP contribution >= 0.6 is 0 Å². The largest absolute Gasteiger partial charge is 0.348 e. The molecule has 1 N–H and O–H groups in total. The van der Waals surface area contributed by atoms with Gasteiger partial charge in [0.2, 0.25) is 0 Å². The van der Waals surface area contributed by atoms with Gasteiger partial charge in [-0.15, -0.1) is 0 Å². The molecule has 20 heavy (non-hydrogen) atoms. The smallest absolute Gasteiger partial charge is 0.274 e. The van der Waals surface area contributed by atoms with Gasteiger partial charge in [0.25, 0.3) is 11.5 Å². The highest BCUT2D eigenvalue weighted by Crippen LogP contribution is 2.14. The lowest BCUT2D eigenvalue weighted by molar-refractivity contribution is 0.0937. The van der Waals surface area contributed by atoms with Gasteiger partial charge in [0.15, 0.2) is 5.69 Å². The molecule has 0 aliphatic carbocycles. The lowest BCUT2D eigenvalue weighted by atomic mass is 10.1. The molecule has 1 aromatic heterocycles. The first-order valence-corrected chi connectivity index (χ1v) is 6.74. The number of carbonyl (C=O) groups is 1. The molecule has 0 aliphatic heterocycles. The average molecular weight is 273 g/mol. The molecule has 1 aromatic carbocycles. The van der Waals surface area contributed by atoms with Crippen LogP contribution in [-0.2, 0) is 0 Å². The van der Waals surface area contributed by atoms with Crippen LogP contribution in [0.3, 0.4) is 0 Å². The summed E-state index contributed by atoms with van der Waals surface area (Å²) in [4.78, 5) is 24.6. The minimum absolute atomic E-state index is 0.0162. The number of benzene rings is 1. The molecule has 0 saturated heterocycles. The van der Waals surface area contributed by atoms with Crippen LogP contribution in [0.2, 0.25) is 0 Å². The Hall–Kier alpha value is -2.17. The molecule has 0 aliphatic rings. The number of amides is 1. The summed E-state index contributed by atoms with van der Waals surface area (Å²) in [5.74, 6) is -0.259. The molecule has 0 saturated carbocycles. The fourth-order valence-electron chi connectivity index (χ4n) is 2.05. The lowest BCUT2D eigenvalue weighted by Gasteiger charge is -2.14. The molecule has 2 aromatic rings. The molecule has 106 valence electrons. The van der Waals surface area contributed by atoms with Crippen molar-refractivity contribution >= 4 is 16.7 Å². The van der Waals surface area contributed by atoms with E-state index in [1.165, 1.54) is 4.68 Å². The quantitative estimate of drug-likeness (QED) is 0.931. The van der Waals surface area contributed by atoms with Gasteiger partial charge < -0.3 is 5.32 Å². The van der Waals surface area contributed by atoms with Crippen molar-refractivity contribution in [3.05, 3.63) is 40.3 Å². The van der Waals surface area contributed by atoms with Gasteiger partial charge >= 0.3 is 0 Å². The van der Waals surface area contributed by atoms with Crippen molar-refractivity contribution in [3.63, 3.8) is 0 Å². The first kappa shape index (κ1) is 14.2. The van der Waals surface area contributed by atoms with E-state index in [4.69, 9.17) is 0 Å². The highest BCUT2D eigenvalue weighted by Gasteiger charge is 2.17. The maximum atomic E-state index is 12.3. The van der Waals surface area contributed by atoms with Crippen LogP contribution < -0.4 is 10.9 Å². The van der Waals surface area contributed by atoms with Crippen molar-refractivity contribution in [2.45, 2.75) is 39.8 Å². The molecule has 0 bridgehead atoms. The summed E-state index contributed by atoms with van der Waals surface area (Å²) in [7, 11) is 0. The topological polar surface area (TPSA) is 64.0 Å². The Balaban J connectivity index is 2.73. The molecule has 2 rings (SSSR count). The number of fused-ring (bicyclic) bond motifs is 1. The predicted octanol–water partition coefficient (Wildman–Crippen LogP) is 2.12. The summed E-state index contributed by atoms with van der Waals surface area (Å²) in [6.07, 6.45) is 0. The first-order valence-electron chi connectivity index (χ1n) is 6.74. The zero-order valence-corrected chi connectivity index (χ0v) is 12.2. The zero-order chi connectivity index (χ0) is 14.9. The summed E-state index contributed by atoms with van der Waals surface area (Å²) in [6.45, 7) is 7.51. The molecule has 1 amide bonds. The summed E-state index contributed by atoms with van der Waals surface area (Å²) >= 11 is 0. The third kappa shape index (κ3) is 2.57. The van der Waals surface area contributed by atoms with Gasteiger partial charge in [-0.1, -0.05) is 18.2 Å². The van der Waals surface area contributed by atoms with E-state index < -0.39 is 0 Å². The van der Waals surface area contributed by atoms with Crippen LogP contribution in [0.15, 0.2) is 29.1 Å². The molecule has 1 heterocycles. The van der Waals surface area contributed by atoms with Crippen LogP contribution in [-0.4, -0.2) is 21.7 Å². The minimum atomic E-state index is -0.259. The molecule has 0 fully saturated rings. The second-order valence-electron chi connectivity index (χ2n) is 5.37. The molecular weight excluding hydrogens is 254 g/mol. The van der Waals surface area contributed by atoms with E-state index >= 15 is 0 Å². The van der Waals surface area contributed by atoms with Gasteiger partial charge in [0.1, 0.15) is 0 Å². The number of aromatic nitrogens is 2. The van der Waals surface area contributed by atoms with E-state index in [1.807, 2.05) is 27.7 Å². The Labute approximate surface area is 117 Å². The van der Waals surface area contributed by atoms with Gasteiger partial charge in [0, 0.05) is 11.4 Å². The normalized spacial score (nSPS) is 11.3. The number of nitrogens with zero attached hydrogens (tertiary/aromatic N) is 2. The SMILES string of the molecule is CC(C)NC(=O)c1nn(C(C)C)c(=O)c2ccccc12. The average Bonchev–Trinajstić information content (AvgIpc) is 2.38. The molecular formula is C15H19N3O2. The molecule has 0 radical (unpaired) electrons. The number of rotatable bonds is 3. The number of nitrogens with one attached hydrogen (secondary N) is 1. The Kier molecular flexibility index (Phi) is 3.88.